The summed E-state index contributed by atoms with van der Waals surface area (Å²) in [6.45, 7) is 0. The maximum atomic E-state index is 13.2. The fraction of sp³-hybridized carbons (Fsp3) is 0.368. The molecule has 5 rings (SSSR count). The van der Waals surface area contributed by atoms with Gasteiger partial charge in [-0.15, -0.1) is 11.3 Å². The number of nitrogens with zero attached hydrogens (tertiary/aromatic N) is 4. The molecule has 2 atom stereocenters. The van der Waals surface area contributed by atoms with E-state index in [1.165, 1.54) is 0 Å². The summed E-state index contributed by atoms with van der Waals surface area (Å²) in [5.41, 5.74) is 1.29. The van der Waals surface area contributed by atoms with Crippen molar-refractivity contribution in [3.8, 4) is 10.4 Å². The van der Waals surface area contributed by atoms with Gasteiger partial charge in [-0.2, -0.15) is 15.3 Å². The molecule has 3 aromatic heterocycles. The average molecular weight is 381 g/mol. The zero-order valence-electron chi connectivity index (χ0n) is 14.6. The number of hydrogen-bond donors (Lipinski definition) is 2. The fourth-order valence-electron chi connectivity index (χ4n) is 4.45. The number of thiophene rings is 1. The Balaban J connectivity index is 1.39. The molecule has 27 heavy (non-hydrogen) atoms. The number of nitrogens with one attached hydrogen (secondary N) is 1. The number of amides is 1. The summed E-state index contributed by atoms with van der Waals surface area (Å²) >= 11 is 1.54. The van der Waals surface area contributed by atoms with Gasteiger partial charge in [0.05, 0.1) is 17.5 Å². The molecule has 5 heterocycles. The lowest BCUT2D eigenvalue weighted by Crippen LogP contribution is -2.52. The maximum Gasteiger partial charge on any atom is 0.255 e. The molecule has 0 radical (unpaired) electrons. The van der Waals surface area contributed by atoms with Crippen LogP contribution in [0.1, 0.15) is 41.7 Å². The third-order valence-electron chi connectivity index (χ3n) is 5.68. The second-order valence-corrected chi connectivity index (χ2v) is 8.24. The van der Waals surface area contributed by atoms with Crippen molar-refractivity contribution in [3.05, 3.63) is 53.4 Å². The van der Waals surface area contributed by atoms with Crippen molar-refractivity contribution in [1.82, 2.24) is 25.3 Å². The first-order valence-electron chi connectivity index (χ1n) is 9.05. The van der Waals surface area contributed by atoms with Crippen LogP contribution in [-0.4, -0.2) is 48.4 Å². The van der Waals surface area contributed by atoms with E-state index in [0.717, 1.165) is 23.3 Å². The van der Waals surface area contributed by atoms with Gasteiger partial charge in [-0.1, -0.05) is 0 Å². The standard InChI is InChI=1S/C19H19N5O2S/c25-18(12-6-16(27-11-12)13-9-21-22-10-13)24-14-3-4-15(24)8-19(26,7-14)17-2-1-5-20-23-17/h1-2,5-6,9-11,14-15,26H,3-4,7-8H2,(H,21,22). The average Bonchev–Trinajstić information content (AvgIpc) is 3.41. The highest BCUT2D eigenvalue weighted by Crippen LogP contribution is 2.45. The number of H-pyrrole nitrogens is 1. The molecule has 1 amide bonds. The Morgan fingerprint density at radius 3 is 2.81 bits per heavy atom. The van der Waals surface area contributed by atoms with Crippen LogP contribution in [0.15, 0.2) is 42.2 Å². The van der Waals surface area contributed by atoms with Crippen molar-refractivity contribution in [2.45, 2.75) is 43.4 Å². The molecule has 0 aliphatic carbocycles. The number of fused-ring (bicyclic) bond motifs is 2. The van der Waals surface area contributed by atoms with Gasteiger partial charge in [0.2, 0.25) is 0 Å². The number of aromatic nitrogens is 4. The van der Waals surface area contributed by atoms with E-state index in [1.807, 2.05) is 28.6 Å². The minimum Gasteiger partial charge on any atom is -0.383 e. The monoisotopic (exact) mass is 381 g/mol. The fourth-order valence-corrected chi connectivity index (χ4v) is 5.32. The summed E-state index contributed by atoms with van der Waals surface area (Å²) in [6.07, 6.45) is 8.03. The van der Waals surface area contributed by atoms with Gasteiger partial charge >= 0.3 is 0 Å². The Bertz CT molecular complexity index is 942. The summed E-state index contributed by atoms with van der Waals surface area (Å²) in [7, 11) is 0. The van der Waals surface area contributed by atoms with Crippen LogP contribution in [-0.2, 0) is 5.60 Å². The van der Waals surface area contributed by atoms with Gasteiger partial charge in [0.15, 0.2) is 0 Å². The van der Waals surface area contributed by atoms with Gasteiger partial charge in [0.1, 0.15) is 5.60 Å². The van der Waals surface area contributed by atoms with Gasteiger partial charge < -0.3 is 10.0 Å². The molecule has 2 fully saturated rings. The van der Waals surface area contributed by atoms with E-state index in [9.17, 15) is 9.90 Å². The molecular formula is C19H19N5O2S. The van der Waals surface area contributed by atoms with Crippen LogP contribution in [0.5, 0.6) is 0 Å². The van der Waals surface area contributed by atoms with Crippen LogP contribution in [0.2, 0.25) is 0 Å². The van der Waals surface area contributed by atoms with Gasteiger partial charge in [-0.25, -0.2) is 0 Å². The third-order valence-corrected chi connectivity index (χ3v) is 6.66. The van der Waals surface area contributed by atoms with E-state index in [4.69, 9.17) is 0 Å². The largest absolute Gasteiger partial charge is 0.383 e. The maximum absolute atomic E-state index is 13.2. The Morgan fingerprint density at radius 1 is 1.33 bits per heavy atom. The van der Waals surface area contributed by atoms with Crippen molar-refractivity contribution >= 4 is 17.2 Å². The predicted molar refractivity (Wildman–Crippen MR) is 100 cm³/mol. The van der Waals surface area contributed by atoms with E-state index in [2.05, 4.69) is 20.4 Å². The molecule has 2 aliphatic rings. The number of rotatable bonds is 3. The Kier molecular flexibility index (Phi) is 3.84. The molecule has 0 spiro atoms. The quantitative estimate of drug-likeness (QED) is 0.727. The second kappa shape index (κ2) is 6.24. The van der Waals surface area contributed by atoms with Gasteiger partial charge in [0.25, 0.3) is 5.91 Å². The summed E-state index contributed by atoms with van der Waals surface area (Å²) in [5.74, 6) is 0.0506. The Morgan fingerprint density at radius 2 is 2.15 bits per heavy atom. The minimum absolute atomic E-state index is 0.0283. The summed E-state index contributed by atoms with van der Waals surface area (Å²) in [6, 6.07) is 5.60. The van der Waals surface area contributed by atoms with Crippen LogP contribution in [0.4, 0.5) is 0 Å². The molecule has 2 N–H and O–H groups in total. The van der Waals surface area contributed by atoms with Gasteiger partial charge in [-0.05, 0) is 31.0 Å². The first-order chi connectivity index (χ1) is 13.1. The zero-order valence-corrected chi connectivity index (χ0v) is 15.4. The highest BCUT2D eigenvalue weighted by atomic mass is 32.1. The zero-order chi connectivity index (χ0) is 18.4. The molecule has 2 bridgehead atoms. The van der Waals surface area contributed by atoms with E-state index >= 15 is 0 Å². The van der Waals surface area contributed by atoms with E-state index in [-0.39, 0.29) is 18.0 Å². The van der Waals surface area contributed by atoms with E-state index in [1.54, 1.807) is 29.8 Å². The van der Waals surface area contributed by atoms with Gasteiger partial charge in [0, 0.05) is 53.1 Å². The summed E-state index contributed by atoms with van der Waals surface area (Å²) < 4.78 is 0. The lowest BCUT2D eigenvalue weighted by molar-refractivity contribution is -0.0513. The smallest absolute Gasteiger partial charge is 0.255 e. The molecule has 7 nitrogen and oxygen atoms in total. The first kappa shape index (κ1) is 16.6. The first-order valence-corrected chi connectivity index (χ1v) is 9.93. The number of aromatic amines is 1. The van der Waals surface area contributed by atoms with E-state index < -0.39 is 5.60 Å². The minimum atomic E-state index is -1.01. The Hall–Kier alpha value is -2.58. The van der Waals surface area contributed by atoms with Crippen LogP contribution in [0.25, 0.3) is 10.4 Å². The molecule has 3 aromatic rings. The Labute approximate surface area is 160 Å². The number of carbonyl (C=O) groups is 1. The number of carbonyl (C=O) groups excluding carboxylic acids is 1. The lowest BCUT2D eigenvalue weighted by atomic mass is 9.83. The lowest BCUT2D eigenvalue weighted by Gasteiger charge is -2.43. The highest BCUT2D eigenvalue weighted by Gasteiger charge is 2.50. The molecule has 8 heteroatoms. The molecule has 2 aliphatic heterocycles. The van der Waals surface area contributed by atoms with E-state index in [0.29, 0.717) is 24.1 Å². The molecule has 2 unspecified atom stereocenters. The topological polar surface area (TPSA) is 95.0 Å². The molecule has 0 aromatic carbocycles. The molecule has 0 saturated carbocycles. The van der Waals surface area contributed by atoms with Crippen molar-refractivity contribution in [2.75, 3.05) is 0 Å². The SMILES string of the molecule is O=C(c1csc(-c2cn[nH]c2)c1)N1C2CCC1CC(O)(c1cccnn1)C2. The second-order valence-electron chi connectivity index (χ2n) is 7.33. The third kappa shape index (κ3) is 2.76. The summed E-state index contributed by atoms with van der Waals surface area (Å²) in [4.78, 5) is 16.2. The van der Waals surface area contributed by atoms with Crippen LogP contribution in [0.3, 0.4) is 0 Å². The van der Waals surface area contributed by atoms with Crippen molar-refractivity contribution < 1.29 is 9.90 Å². The van der Waals surface area contributed by atoms with Crippen molar-refractivity contribution in [3.63, 3.8) is 0 Å². The normalized spacial score (nSPS) is 27.1. The van der Waals surface area contributed by atoms with Crippen LogP contribution >= 0.6 is 11.3 Å². The molecule has 138 valence electrons. The van der Waals surface area contributed by atoms with Gasteiger partial charge in [-0.3, -0.25) is 9.89 Å². The highest BCUT2D eigenvalue weighted by molar-refractivity contribution is 7.13. The molecule has 2 saturated heterocycles. The van der Waals surface area contributed by atoms with Crippen molar-refractivity contribution in [2.24, 2.45) is 0 Å². The number of aliphatic hydroxyl groups is 1. The predicted octanol–water partition coefficient (Wildman–Crippen LogP) is 2.58. The summed E-state index contributed by atoms with van der Waals surface area (Å²) in [5, 5.41) is 27.9. The number of hydrogen-bond acceptors (Lipinski definition) is 6. The number of piperidine rings is 1. The van der Waals surface area contributed by atoms with Crippen LogP contribution in [0, 0.1) is 0 Å². The molecular weight excluding hydrogens is 362 g/mol. The van der Waals surface area contributed by atoms with Crippen LogP contribution < -0.4 is 0 Å². The van der Waals surface area contributed by atoms with Crippen molar-refractivity contribution in [1.29, 1.82) is 0 Å².